The first kappa shape index (κ1) is 19.7. The summed E-state index contributed by atoms with van der Waals surface area (Å²) in [4.78, 5) is 28.6. The van der Waals surface area contributed by atoms with Crippen molar-refractivity contribution in [1.29, 1.82) is 0 Å². The molecule has 2 aromatic carbocycles. The lowest BCUT2D eigenvalue weighted by molar-refractivity contribution is -0.120. The molecule has 1 N–H and O–H groups in total. The Balaban J connectivity index is 1.53. The third-order valence-electron chi connectivity index (χ3n) is 4.05. The summed E-state index contributed by atoms with van der Waals surface area (Å²) in [5.74, 6) is -0.755. The van der Waals surface area contributed by atoms with E-state index in [4.69, 9.17) is 0 Å². The zero-order valence-electron chi connectivity index (χ0n) is 15.2. The molecule has 28 heavy (non-hydrogen) atoms. The minimum Gasteiger partial charge on any atom is -0.355 e. The summed E-state index contributed by atoms with van der Waals surface area (Å²) in [6.07, 6.45) is 2.16. The maximum atomic E-state index is 13.8. The SMILES string of the molecule is O=C(CCNC(=O)Cc1ccccc1)N=c1sccn1Cc1ccccc1F. The van der Waals surface area contributed by atoms with Crippen LogP contribution in [0.3, 0.4) is 0 Å². The lowest BCUT2D eigenvalue weighted by atomic mass is 10.1. The van der Waals surface area contributed by atoms with Crippen LogP contribution < -0.4 is 10.1 Å². The van der Waals surface area contributed by atoms with Gasteiger partial charge in [-0.15, -0.1) is 11.3 Å². The van der Waals surface area contributed by atoms with E-state index in [2.05, 4.69) is 10.3 Å². The number of halogens is 1. The topological polar surface area (TPSA) is 63.5 Å². The summed E-state index contributed by atoms with van der Waals surface area (Å²) in [6, 6.07) is 15.9. The number of carbonyl (C=O) groups excluding carboxylic acids is 2. The molecule has 0 bridgehead atoms. The van der Waals surface area contributed by atoms with E-state index in [1.165, 1.54) is 17.4 Å². The molecule has 0 aliphatic carbocycles. The second kappa shape index (κ2) is 9.75. The van der Waals surface area contributed by atoms with E-state index in [0.717, 1.165) is 5.56 Å². The molecule has 0 aliphatic heterocycles. The van der Waals surface area contributed by atoms with Crippen molar-refractivity contribution in [2.75, 3.05) is 6.54 Å². The van der Waals surface area contributed by atoms with Gasteiger partial charge < -0.3 is 9.88 Å². The summed E-state index contributed by atoms with van der Waals surface area (Å²) in [7, 11) is 0. The van der Waals surface area contributed by atoms with Crippen LogP contribution in [0.2, 0.25) is 0 Å². The predicted molar refractivity (Wildman–Crippen MR) is 106 cm³/mol. The van der Waals surface area contributed by atoms with Gasteiger partial charge in [-0.25, -0.2) is 4.39 Å². The molecule has 0 spiro atoms. The Morgan fingerprint density at radius 2 is 1.82 bits per heavy atom. The Hall–Kier alpha value is -3.06. The van der Waals surface area contributed by atoms with Crippen LogP contribution in [0.1, 0.15) is 17.5 Å². The largest absolute Gasteiger partial charge is 0.355 e. The molecular weight excluding hydrogens is 377 g/mol. The molecule has 0 atom stereocenters. The number of benzene rings is 2. The maximum Gasteiger partial charge on any atom is 0.250 e. The number of carbonyl (C=O) groups is 2. The van der Waals surface area contributed by atoms with Gasteiger partial charge in [0.05, 0.1) is 13.0 Å². The normalized spacial score (nSPS) is 11.4. The van der Waals surface area contributed by atoms with Gasteiger partial charge in [0.25, 0.3) is 0 Å². The van der Waals surface area contributed by atoms with Gasteiger partial charge >= 0.3 is 0 Å². The molecule has 0 saturated heterocycles. The van der Waals surface area contributed by atoms with Crippen molar-refractivity contribution in [1.82, 2.24) is 9.88 Å². The smallest absolute Gasteiger partial charge is 0.250 e. The highest BCUT2D eigenvalue weighted by Gasteiger charge is 2.07. The molecule has 3 rings (SSSR count). The second-order valence-electron chi connectivity index (χ2n) is 6.17. The zero-order valence-corrected chi connectivity index (χ0v) is 16.0. The van der Waals surface area contributed by atoms with Crippen LogP contribution in [-0.2, 0) is 22.6 Å². The minimum absolute atomic E-state index is 0.109. The highest BCUT2D eigenvalue weighted by molar-refractivity contribution is 7.07. The molecule has 0 fully saturated rings. The molecule has 0 radical (unpaired) electrons. The summed E-state index contributed by atoms with van der Waals surface area (Å²) in [6.45, 7) is 0.531. The van der Waals surface area contributed by atoms with Crippen molar-refractivity contribution in [2.45, 2.75) is 19.4 Å². The lowest BCUT2D eigenvalue weighted by Gasteiger charge is -2.05. The molecule has 3 aromatic rings. The van der Waals surface area contributed by atoms with Gasteiger partial charge in [-0.1, -0.05) is 48.5 Å². The first-order chi connectivity index (χ1) is 13.6. The van der Waals surface area contributed by atoms with Crippen molar-refractivity contribution < 1.29 is 14.0 Å². The standard InChI is InChI=1S/C21H20FN3O2S/c22-18-9-5-4-8-17(18)15-25-12-13-28-21(25)24-19(26)10-11-23-20(27)14-16-6-2-1-3-7-16/h1-9,12-13H,10-11,14-15H2,(H,23,27). The highest BCUT2D eigenvalue weighted by atomic mass is 32.1. The zero-order chi connectivity index (χ0) is 19.8. The first-order valence-electron chi connectivity index (χ1n) is 8.87. The van der Waals surface area contributed by atoms with Gasteiger partial charge in [-0.2, -0.15) is 4.99 Å². The fourth-order valence-electron chi connectivity index (χ4n) is 2.63. The highest BCUT2D eigenvalue weighted by Crippen LogP contribution is 2.08. The third kappa shape index (κ3) is 5.72. The van der Waals surface area contributed by atoms with Gasteiger partial charge in [-0.05, 0) is 11.6 Å². The van der Waals surface area contributed by atoms with Crippen LogP contribution in [0.25, 0.3) is 0 Å². The van der Waals surface area contributed by atoms with Crippen LogP contribution in [0.15, 0.2) is 71.2 Å². The summed E-state index contributed by atoms with van der Waals surface area (Å²) in [5, 5.41) is 4.53. The van der Waals surface area contributed by atoms with Gasteiger partial charge in [0.1, 0.15) is 5.82 Å². The molecule has 1 aromatic heterocycles. The van der Waals surface area contributed by atoms with Crippen LogP contribution >= 0.6 is 11.3 Å². The average molecular weight is 397 g/mol. The monoisotopic (exact) mass is 397 g/mol. The first-order valence-corrected chi connectivity index (χ1v) is 9.75. The van der Waals surface area contributed by atoms with E-state index < -0.39 is 0 Å². The van der Waals surface area contributed by atoms with E-state index in [0.29, 0.717) is 16.9 Å². The average Bonchev–Trinajstić information content (AvgIpc) is 3.11. The number of aromatic nitrogens is 1. The quantitative estimate of drug-likeness (QED) is 0.666. The summed E-state index contributed by atoms with van der Waals surface area (Å²) < 4.78 is 15.6. The molecule has 1 heterocycles. The van der Waals surface area contributed by atoms with Gasteiger partial charge in [0, 0.05) is 30.1 Å². The molecule has 0 saturated carbocycles. The Bertz CT molecular complexity index is 1010. The molecule has 2 amide bonds. The Kier molecular flexibility index (Phi) is 6.86. The Labute approximate surface area is 166 Å². The molecule has 0 unspecified atom stereocenters. The molecular formula is C21H20FN3O2S. The molecule has 5 nitrogen and oxygen atoms in total. The van der Waals surface area contributed by atoms with Crippen LogP contribution in [0.4, 0.5) is 4.39 Å². The number of nitrogens with zero attached hydrogens (tertiary/aromatic N) is 2. The van der Waals surface area contributed by atoms with E-state index in [-0.39, 0.29) is 37.0 Å². The lowest BCUT2D eigenvalue weighted by Crippen LogP contribution is -2.27. The molecule has 7 heteroatoms. The number of rotatable bonds is 7. The van der Waals surface area contributed by atoms with Gasteiger partial charge in [-0.3, -0.25) is 9.59 Å². The van der Waals surface area contributed by atoms with Gasteiger partial charge in [0.15, 0.2) is 4.80 Å². The fraction of sp³-hybridized carbons (Fsp3) is 0.190. The second-order valence-corrected chi connectivity index (χ2v) is 7.05. The molecule has 144 valence electrons. The third-order valence-corrected chi connectivity index (χ3v) is 4.84. The van der Waals surface area contributed by atoms with Crippen molar-refractivity contribution in [3.63, 3.8) is 0 Å². The van der Waals surface area contributed by atoms with Crippen molar-refractivity contribution >= 4 is 23.2 Å². The van der Waals surface area contributed by atoms with Crippen molar-refractivity contribution in [3.8, 4) is 0 Å². The van der Waals surface area contributed by atoms with Gasteiger partial charge in [0.2, 0.25) is 11.8 Å². The Morgan fingerprint density at radius 3 is 2.61 bits per heavy atom. The number of amides is 2. The number of thiazole rings is 1. The van der Waals surface area contributed by atoms with Crippen LogP contribution in [0.5, 0.6) is 0 Å². The minimum atomic E-state index is -0.329. The van der Waals surface area contributed by atoms with E-state index in [9.17, 15) is 14.0 Å². The van der Waals surface area contributed by atoms with E-state index in [1.807, 2.05) is 30.3 Å². The van der Waals surface area contributed by atoms with Crippen LogP contribution in [0, 0.1) is 5.82 Å². The number of hydrogen-bond donors (Lipinski definition) is 1. The predicted octanol–water partition coefficient (Wildman–Crippen LogP) is 2.91. The van der Waals surface area contributed by atoms with Crippen molar-refractivity contribution in [3.05, 3.63) is 87.9 Å². The summed E-state index contributed by atoms with van der Waals surface area (Å²) >= 11 is 1.31. The maximum absolute atomic E-state index is 13.8. The Morgan fingerprint density at radius 1 is 1.07 bits per heavy atom. The number of hydrogen-bond acceptors (Lipinski definition) is 3. The van der Waals surface area contributed by atoms with Crippen molar-refractivity contribution in [2.24, 2.45) is 4.99 Å². The number of nitrogens with one attached hydrogen (secondary N) is 1. The summed E-state index contributed by atoms with van der Waals surface area (Å²) in [5.41, 5.74) is 1.45. The van der Waals surface area contributed by atoms with E-state index in [1.54, 1.807) is 34.3 Å². The van der Waals surface area contributed by atoms with Crippen LogP contribution in [-0.4, -0.2) is 22.9 Å². The van der Waals surface area contributed by atoms with E-state index >= 15 is 0 Å². The molecule has 0 aliphatic rings. The fourth-order valence-corrected chi connectivity index (χ4v) is 3.38.